The Labute approximate surface area is 211 Å². The van der Waals surface area contributed by atoms with Gasteiger partial charge in [-0.1, -0.05) is 29.8 Å². The molecule has 2 aromatic heterocycles. The van der Waals surface area contributed by atoms with Crippen LogP contribution in [0.4, 0.5) is 0 Å². The highest BCUT2D eigenvalue weighted by molar-refractivity contribution is 7.12. The molecule has 1 aromatic carbocycles. The first kappa shape index (κ1) is 23.3. The summed E-state index contributed by atoms with van der Waals surface area (Å²) in [4.78, 5) is 43.9. The Bertz CT molecular complexity index is 1250. The summed E-state index contributed by atoms with van der Waals surface area (Å²) in [5.74, 6) is -3.11. The largest absolute Gasteiger partial charge is 0.479 e. The summed E-state index contributed by atoms with van der Waals surface area (Å²) in [6.07, 6.45) is 1.49. The Morgan fingerprint density at radius 2 is 1.76 bits per heavy atom. The van der Waals surface area contributed by atoms with E-state index in [2.05, 4.69) is 0 Å². The summed E-state index contributed by atoms with van der Waals surface area (Å²) >= 11 is 8.96. The molecule has 0 spiro atoms. The van der Waals surface area contributed by atoms with Gasteiger partial charge in [0, 0.05) is 21.7 Å². The molecule has 1 saturated heterocycles. The number of Topliss-reactive ketones (excluding diaryl/α,β-unsaturated/α-hetero) is 1. The number of carbonyl (C=O) groups is 3. The lowest BCUT2D eigenvalue weighted by Crippen LogP contribution is -2.54. The van der Waals surface area contributed by atoms with Crippen LogP contribution in [-0.2, 0) is 9.59 Å². The minimum atomic E-state index is -1.60. The lowest BCUT2D eigenvalue weighted by molar-refractivity contribution is -0.158. The number of carboxylic acids is 1. The van der Waals surface area contributed by atoms with E-state index in [0.29, 0.717) is 15.5 Å². The normalized spacial score (nSPS) is 26.6. The van der Waals surface area contributed by atoms with Gasteiger partial charge in [0.05, 0.1) is 16.8 Å². The maximum Gasteiger partial charge on any atom is 0.330 e. The van der Waals surface area contributed by atoms with E-state index in [1.54, 1.807) is 42.2 Å². The summed E-state index contributed by atoms with van der Waals surface area (Å²) in [7, 11) is 0. The number of ketones is 1. The molecule has 1 N–H and O–H groups in total. The van der Waals surface area contributed by atoms with Gasteiger partial charge in [-0.25, -0.2) is 4.79 Å². The fraction of sp³-hybridized carbons (Fsp3) is 0.346. The highest BCUT2D eigenvalue weighted by Crippen LogP contribution is 2.59. The summed E-state index contributed by atoms with van der Waals surface area (Å²) in [5, 5.41) is 15.0. The molecule has 5 rings (SSSR count). The lowest BCUT2D eigenvalue weighted by Gasteiger charge is -2.38. The van der Waals surface area contributed by atoms with Gasteiger partial charge in [-0.3, -0.25) is 9.59 Å². The second kappa shape index (κ2) is 8.63. The molecule has 2 aliphatic rings. The zero-order valence-corrected chi connectivity index (χ0v) is 21.1. The van der Waals surface area contributed by atoms with Gasteiger partial charge in [-0.15, -0.1) is 22.7 Å². The standard InChI is InChI=1S/C26H24ClNO4S2/c1-14-11-13-34-23(14)21-19(22(29)18-4-3-12-33-18)20(15-7-9-17(27)10-8-15)26(2,25(31)32)28(21)24(30)16-5-6-16/h3-4,7-13,16,19-21H,5-6H2,1-2H3,(H,31,32). The summed E-state index contributed by atoms with van der Waals surface area (Å²) in [6, 6.07) is 11.9. The van der Waals surface area contributed by atoms with Gasteiger partial charge in [0.25, 0.3) is 0 Å². The fourth-order valence-electron chi connectivity index (χ4n) is 5.31. The Kier molecular flexibility index (Phi) is 5.91. The Morgan fingerprint density at radius 3 is 2.29 bits per heavy atom. The van der Waals surface area contributed by atoms with Crippen molar-refractivity contribution in [3.63, 3.8) is 0 Å². The molecule has 1 aliphatic carbocycles. The first-order valence-corrected chi connectivity index (χ1v) is 13.3. The van der Waals surface area contributed by atoms with Crippen LogP contribution >= 0.6 is 34.3 Å². The number of rotatable bonds is 6. The van der Waals surface area contributed by atoms with E-state index in [0.717, 1.165) is 23.3 Å². The summed E-state index contributed by atoms with van der Waals surface area (Å²) in [5.41, 5.74) is 0.0400. The van der Waals surface area contributed by atoms with Crippen molar-refractivity contribution in [2.45, 2.75) is 44.2 Å². The van der Waals surface area contributed by atoms with E-state index in [9.17, 15) is 19.5 Å². The molecule has 176 valence electrons. The highest BCUT2D eigenvalue weighted by atomic mass is 35.5. The van der Waals surface area contributed by atoms with Crippen molar-refractivity contribution >= 4 is 51.9 Å². The van der Waals surface area contributed by atoms with E-state index >= 15 is 0 Å². The predicted molar refractivity (Wildman–Crippen MR) is 134 cm³/mol. The number of thiophene rings is 2. The first-order valence-electron chi connectivity index (χ1n) is 11.2. The molecule has 5 nitrogen and oxygen atoms in total. The quantitative estimate of drug-likeness (QED) is 0.399. The molecule has 4 atom stereocenters. The SMILES string of the molecule is Cc1ccsc1C1C(C(=O)c2cccs2)C(c2ccc(Cl)cc2)C(C)(C(=O)O)N1C(=O)C1CC1. The Morgan fingerprint density at radius 1 is 1.06 bits per heavy atom. The van der Waals surface area contributed by atoms with Crippen molar-refractivity contribution in [3.05, 3.63) is 79.1 Å². The highest BCUT2D eigenvalue weighted by Gasteiger charge is 2.66. The minimum absolute atomic E-state index is 0.133. The molecule has 4 unspecified atom stereocenters. The summed E-state index contributed by atoms with van der Waals surface area (Å²) in [6.45, 7) is 3.55. The van der Waals surface area contributed by atoms with E-state index in [1.807, 2.05) is 29.8 Å². The van der Waals surface area contributed by atoms with Crippen LogP contribution in [-0.4, -0.2) is 33.2 Å². The first-order chi connectivity index (χ1) is 16.2. The third kappa shape index (κ3) is 3.61. The van der Waals surface area contributed by atoms with Crippen molar-refractivity contribution in [1.82, 2.24) is 4.90 Å². The van der Waals surface area contributed by atoms with Crippen LogP contribution in [0.1, 0.15) is 57.4 Å². The molecule has 0 bridgehead atoms. The van der Waals surface area contributed by atoms with Crippen molar-refractivity contribution in [2.75, 3.05) is 0 Å². The zero-order valence-electron chi connectivity index (χ0n) is 18.7. The monoisotopic (exact) mass is 513 g/mol. The molecule has 1 saturated carbocycles. The van der Waals surface area contributed by atoms with Crippen LogP contribution in [0.15, 0.2) is 53.2 Å². The molecule has 34 heavy (non-hydrogen) atoms. The van der Waals surface area contributed by atoms with E-state index in [4.69, 9.17) is 11.6 Å². The van der Waals surface area contributed by atoms with Crippen molar-refractivity contribution in [1.29, 1.82) is 0 Å². The number of aliphatic carboxylic acids is 1. The number of benzene rings is 1. The van der Waals surface area contributed by atoms with Gasteiger partial charge in [0.2, 0.25) is 5.91 Å². The topological polar surface area (TPSA) is 74.7 Å². The minimum Gasteiger partial charge on any atom is -0.479 e. The van der Waals surface area contributed by atoms with Crippen LogP contribution < -0.4 is 0 Å². The van der Waals surface area contributed by atoms with Crippen LogP contribution in [0.3, 0.4) is 0 Å². The average molecular weight is 514 g/mol. The van der Waals surface area contributed by atoms with Crippen LogP contribution in [0.2, 0.25) is 5.02 Å². The Balaban J connectivity index is 1.79. The average Bonchev–Trinajstić information content (AvgIpc) is 3.22. The van der Waals surface area contributed by atoms with Crippen LogP contribution in [0.25, 0.3) is 0 Å². The van der Waals surface area contributed by atoms with Crippen molar-refractivity contribution < 1.29 is 19.5 Å². The molecule has 3 aromatic rings. The summed E-state index contributed by atoms with van der Waals surface area (Å²) < 4.78 is 0. The molecule has 8 heteroatoms. The van der Waals surface area contributed by atoms with Gasteiger partial charge in [-0.05, 0) is 72.8 Å². The molecule has 1 amide bonds. The van der Waals surface area contributed by atoms with Gasteiger partial charge in [0.15, 0.2) is 5.78 Å². The lowest BCUT2D eigenvalue weighted by atomic mass is 9.73. The molecule has 1 aliphatic heterocycles. The van der Waals surface area contributed by atoms with E-state index in [-0.39, 0.29) is 17.6 Å². The van der Waals surface area contributed by atoms with E-state index < -0.39 is 29.4 Å². The number of halogens is 1. The third-order valence-electron chi connectivity index (χ3n) is 7.15. The second-order valence-corrected chi connectivity index (χ2v) is 11.6. The molecule has 0 radical (unpaired) electrons. The smallest absolute Gasteiger partial charge is 0.330 e. The molecular formula is C26H24ClNO4S2. The number of carbonyl (C=O) groups excluding carboxylic acids is 2. The number of amides is 1. The number of hydrogen-bond donors (Lipinski definition) is 1. The second-order valence-electron chi connectivity index (χ2n) is 9.24. The van der Waals surface area contributed by atoms with Crippen LogP contribution in [0, 0.1) is 18.8 Å². The van der Waals surface area contributed by atoms with E-state index in [1.165, 1.54) is 22.7 Å². The molecule has 2 fully saturated rings. The number of aryl methyl sites for hydroxylation is 1. The number of hydrogen-bond acceptors (Lipinski definition) is 5. The predicted octanol–water partition coefficient (Wildman–Crippen LogP) is 6.19. The molecular weight excluding hydrogens is 490 g/mol. The number of nitrogens with zero attached hydrogens (tertiary/aromatic N) is 1. The number of carboxylic acid groups (broad SMARTS) is 1. The zero-order chi connectivity index (χ0) is 24.2. The third-order valence-corrected chi connectivity index (χ3v) is 9.37. The van der Waals surface area contributed by atoms with Crippen LogP contribution in [0.5, 0.6) is 0 Å². The van der Waals surface area contributed by atoms with Crippen molar-refractivity contribution in [2.24, 2.45) is 11.8 Å². The van der Waals surface area contributed by atoms with Gasteiger partial charge < -0.3 is 10.0 Å². The van der Waals surface area contributed by atoms with Gasteiger partial charge >= 0.3 is 5.97 Å². The fourth-order valence-corrected chi connectivity index (χ4v) is 7.21. The maximum absolute atomic E-state index is 14.1. The van der Waals surface area contributed by atoms with Gasteiger partial charge in [0.1, 0.15) is 5.54 Å². The van der Waals surface area contributed by atoms with Crippen molar-refractivity contribution in [3.8, 4) is 0 Å². The number of likely N-dealkylation sites (tertiary alicyclic amines) is 1. The van der Waals surface area contributed by atoms with Gasteiger partial charge in [-0.2, -0.15) is 0 Å². The molecule has 3 heterocycles. The Hall–Kier alpha value is -2.48. The maximum atomic E-state index is 14.1.